The number of hydrogen-bond acceptors (Lipinski definition) is 3. The molecule has 1 rings (SSSR count). The smallest absolute Gasteiger partial charge is 0.159 e. The molecule has 0 fully saturated rings. The molecule has 0 saturated carbocycles. The molecule has 4 nitrogen and oxygen atoms in total. The minimum absolute atomic E-state index is 0.0566. The largest absolute Gasteiger partial charge is 0.295 e. The lowest BCUT2D eigenvalue weighted by atomic mass is 10.1. The lowest BCUT2D eigenvalue weighted by Gasteiger charge is -2.00. The number of Topliss-reactive ketones (excluding diaryl/α,β-unsaturated/α-hetero) is 1. The molecule has 0 aliphatic heterocycles. The molecule has 0 aliphatic rings. The number of benzene rings is 1. The second-order valence-corrected chi connectivity index (χ2v) is 3.14. The molecule has 0 spiro atoms. The van der Waals surface area contributed by atoms with E-state index in [9.17, 15) is 4.79 Å². The lowest BCUT2D eigenvalue weighted by molar-refractivity contribution is 0.101. The summed E-state index contributed by atoms with van der Waals surface area (Å²) in [6, 6.07) is 7.02. The molecular weight excluding hydrogens is 178 g/mol. The maximum Gasteiger partial charge on any atom is 0.159 e. The summed E-state index contributed by atoms with van der Waals surface area (Å²) in [5.74, 6) is 0.0566. The van der Waals surface area contributed by atoms with Gasteiger partial charge in [0.05, 0.1) is 5.69 Å². The van der Waals surface area contributed by atoms with Gasteiger partial charge in [-0.15, -0.1) is 5.11 Å². The van der Waals surface area contributed by atoms with Crippen molar-refractivity contribution in [1.82, 2.24) is 5.01 Å². The molecule has 0 atom stereocenters. The number of ketones is 1. The number of hydrogen-bond donors (Lipinski definition) is 0. The molecule has 0 N–H and O–H groups in total. The summed E-state index contributed by atoms with van der Waals surface area (Å²) in [4.78, 5) is 11.0. The predicted molar refractivity (Wildman–Crippen MR) is 54.6 cm³/mol. The van der Waals surface area contributed by atoms with Crippen LogP contribution in [0.25, 0.3) is 0 Å². The molecule has 0 saturated heterocycles. The Kier molecular flexibility index (Phi) is 3.34. The highest BCUT2D eigenvalue weighted by Gasteiger charge is 1.97. The summed E-state index contributed by atoms with van der Waals surface area (Å²) in [6.07, 6.45) is 0. The normalized spacial score (nSPS) is 10.5. The van der Waals surface area contributed by atoms with E-state index in [4.69, 9.17) is 0 Å². The Morgan fingerprint density at radius 3 is 2.21 bits per heavy atom. The van der Waals surface area contributed by atoms with Gasteiger partial charge in [-0.05, 0) is 31.2 Å². The van der Waals surface area contributed by atoms with E-state index < -0.39 is 0 Å². The van der Waals surface area contributed by atoms with E-state index in [2.05, 4.69) is 10.3 Å². The zero-order chi connectivity index (χ0) is 10.6. The van der Waals surface area contributed by atoms with Crippen molar-refractivity contribution in [3.05, 3.63) is 29.8 Å². The van der Waals surface area contributed by atoms with Gasteiger partial charge in [-0.25, -0.2) is 0 Å². The molecule has 0 aliphatic carbocycles. The quantitative estimate of drug-likeness (QED) is 0.418. The molecule has 14 heavy (non-hydrogen) atoms. The summed E-state index contributed by atoms with van der Waals surface area (Å²) >= 11 is 0. The van der Waals surface area contributed by atoms with Crippen LogP contribution >= 0.6 is 0 Å². The molecule has 0 bridgehead atoms. The van der Waals surface area contributed by atoms with Crippen LogP contribution in [0.1, 0.15) is 17.3 Å². The van der Waals surface area contributed by atoms with Gasteiger partial charge < -0.3 is 0 Å². The predicted octanol–water partition coefficient (Wildman–Crippen LogP) is 2.45. The van der Waals surface area contributed by atoms with Gasteiger partial charge in [-0.2, -0.15) is 0 Å². The monoisotopic (exact) mass is 191 g/mol. The first-order valence-corrected chi connectivity index (χ1v) is 4.29. The van der Waals surface area contributed by atoms with Crippen LogP contribution in [0.3, 0.4) is 0 Å². The van der Waals surface area contributed by atoms with Crippen LogP contribution in [0.2, 0.25) is 0 Å². The minimum atomic E-state index is 0.0566. The van der Waals surface area contributed by atoms with E-state index in [1.54, 1.807) is 43.4 Å². The van der Waals surface area contributed by atoms with Crippen LogP contribution in [0.4, 0.5) is 5.69 Å². The van der Waals surface area contributed by atoms with Gasteiger partial charge in [0.25, 0.3) is 0 Å². The van der Waals surface area contributed by atoms with Gasteiger partial charge >= 0.3 is 0 Å². The third-order valence-electron chi connectivity index (χ3n) is 1.61. The standard InChI is InChI=1S/C10H13N3O/c1-8(14)9-4-6-10(7-5-9)11-12-13(2)3/h4-7H,1-3H3. The van der Waals surface area contributed by atoms with Crippen molar-refractivity contribution in [1.29, 1.82) is 0 Å². The first kappa shape index (κ1) is 10.4. The van der Waals surface area contributed by atoms with E-state index >= 15 is 0 Å². The maximum absolute atomic E-state index is 11.0. The van der Waals surface area contributed by atoms with Crippen molar-refractivity contribution in [3.8, 4) is 0 Å². The zero-order valence-electron chi connectivity index (χ0n) is 8.56. The molecule has 0 radical (unpaired) electrons. The van der Waals surface area contributed by atoms with Gasteiger partial charge in [0, 0.05) is 19.7 Å². The fourth-order valence-electron chi connectivity index (χ4n) is 0.904. The SMILES string of the molecule is CC(=O)c1ccc(N=NN(C)C)cc1. The van der Waals surface area contributed by atoms with E-state index in [0.29, 0.717) is 5.56 Å². The summed E-state index contributed by atoms with van der Waals surface area (Å²) in [5, 5.41) is 9.40. The summed E-state index contributed by atoms with van der Waals surface area (Å²) in [5.41, 5.74) is 1.43. The van der Waals surface area contributed by atoms with Crippen LogP contribution < -0.4 is 0 Å². The van der Waals surface area contributed by atoms with Crippen molar-refractivity contribution in [2.45, 2.75) is 6.92 Å². The Labute approximate surface area is 83.2 Å². The van der Waals surface area contributed by atoms with Crippen molar-refractivity contribution in [3.63, 3.8) is 0 Å². The summed E-state index contributed by atoms with van der Waals surface area (Å²) < 4.78 is 0. The highest BCUT2D eigenvalue weighted by molar-refractivity contribution is 5.94. The van der Waals surface area contributed by atoms with Crippen molar-refractivity contribution in [2.75, 3.05) is 14.1 Å². The van der Waals surface area contributed by atoms with Crippen LogP contribution in [-0.4, -0.2) is 24.9 Å². The number of carbonyl (C=O) groups excluding carboxylic acids is 1. The fraction of sp³-hybridized carbons (Fsp3) is 0.300. The minimum Gasteiger partial charge on any atom is -0.295 e. The van der Waals surface area contributed by atoms with E-state index in [1.165, 1.54) is 6.92 Å². The average Bonchev–Trinajstić information content (AvgIpc) is 2.15. The first-order chi connectivity index (χ1) is 6.59. The summed E-state index contributed by atoms with van der Waals surface area (Å²) in [6.45, 7) is 1.54. The Morgan fingerprint density at radius 2 is 1.79 bits per heavy atom. The molecule has 4 heteroatoms. The number of nitrogens with zero attached hydrogens (tertiary/aromatic N) is 3. The maximum atomic E-state index is 11.0. The van der Waals surface area contributed by atoms with Crippen LogP contribution in [0.15, 0.2) is 34.6 Å². The third kappa shape index (κ3) is 2.97. The second kappa shape index (κ2) is 4.50. The second-order valence-electron chi connectivity index (χ2n) is 3.14. The van der Waals surface area contributed by atoms with E-state index in [0.717, 1.165) is 5.69 Å². The van der Waals surface area contributed by atoms with Gasteiger partial charge in [-0.3, -0.25) is 9.80 Å². The Balaban J connectivity index is 2.78. The molecule has 1 aromatic carbocycles. The zero-order valence-corrected chi connectivity index (χ0v) is 8.56. The summed E-state index contributed by atoms with van der Waals surface area (Å²) in [7, 11) is 3.60. The molecule has 0 amide bonds. The van der Waals surface area contributed by atoms with Crippen molar-refractivity contribution in [2.24, 2.45) is 10.3 Å². The van der Waals surface area contributed by atoms with Crippen LogP contribution in [-0.2, 0) is 0 Å². The van der Waals surface area contributed by atoms with Gasteiger partial charge in [0.1, 0.15) is 0 Å². The molecule has 0 aromatic heterocycles. The Bertz CT molecular complexity index is 341. The fourth-order valence-corrected chi connectivity index (χ4v) is 0.904. The van der Waals surface area contributed by atoms with Gasteiger partial charge in [-0.1, -0.05) is 5.22 Å². The third-order valence-corrected chi connectivity index (χ3v) is 1.61. The highest BCUT2D eigenvalue weighted by Crippen LogP contribution is 2.13. The molecule has 0 heterocycles. The first-order valence-electron chi connectivity index (χ1n) is 4.29. The van der Waals surface area contributed by atoms with Gasteiger partial charge in [0.2, 0.25) is 0 Å². The van der Waals surface area contributed by atoms with Crippen molar-refractivity contribution >= 4 is 11.5 Å². The average molecular weight is 191 g/mol. The molecule has 0 unspecified atom stereocenters. The Hall–Kier alpha value is -1.71. The van der Waals surface area contributed by atoms with Gasteiger partial charge in [0.15, 0.2) is 5.78 Å². The topological polar surface area (TPSA) is 45.0 Å². The van der Waals surface area contributed by atoms with Crippen molar-refractivity contribution < 1.29 is 4.79 Å². The highest BCUT2D eigenvalue weighted by atomic mass is 16.1. The van der Waals surface area contributed by atoms with E-state index in [-0.39, 0.29) is 5.78 Å². The Morgan fingerprint density at radius 1 is 1.21 bits per heavy atom. The molecule has 74 valence electrons. The van der Waals surface area contributed by atoms with Crippen LogP contribution in [0.5, 0.6) is 0 Å². The van der Waals surface area contributed by atoms with E-state index in [1.807, 2.05) is 0 Å². The molecular formula is C10H13N3O. The molecule has 1 aromatic rings. The lowest BCUT2D eigenvalue weighted by Crippen LogP contribution is -1.98. The number of rotatable bonds is 3. The van der Waals surface area contributed by atoms with Crippen LogP contribution in [0, 0.1) is 0 Å². The number of carbonyl (C=O) groups is 1.